The minimum absolute atomic E-state index is 0.00750. The van der Waals surface area contributed by atoms with Gasteiger partial charge in [-0.25, -0.2) is 0 Å². The molecular formula is C23H39NO5. The number of hydrogen-bond donors (Lipinski definition) is 0. The van der Waals surface area contributed by atoms with Crippen molar-refractivity contribution in [3.8, 4) is 0 Å². The van der Waals surface area contributed by atoms with E-state index in [1.54, 1.807) is 13.8 Å². The summed E-state index contributed by atoms with van der Waals surface area (Å²) in [7, 11) is 0. The minimum Gasteiger partial charge on any atom is -0.463 e. The first-order valence-corrected chi connectivity index (χ1v) is 10.4. The van der Waals surface area contributed by atoms with Gasteiger partial charge in [0.05, 0.1) is 12.0 Å². The van der Waals surface area contributed by atoms with Gasteiger partial charge in [-0.05, 0) is 44.4 Å². The molecule has 0 fully saturated rings. The van der Waals surface area contributed by atoms with Crippen LogP contribution in [-0.4, -0.2) is 49.0 Å². The van der Waals surface area contributed by atoms with E-state index in [9.17, 15) is 14.4 Å². The van der Waals surface area contributed by atoms with Crippen LogP contribution < -0.4 is 0 Å². The zero-order valence-corrected chi connectivity index (χ0v) is 19.7. The fourth-order valence-corrected chi connectivity index (χ4v) is 3.50. The Morgan fingerprint density at radius 3 is 1.83 bits per heavy atom. The molecule has 29 heavy (non-hydrogen) atoms. The summed E-state index contributed by atoms with van der Waals surface area (Å²) in [5.41, 5.74) is 0.218. The van der Waals surface area contributed by atoms with Crippen molar-refractivity contribution < 1.29 is 23.9 Å². The van der Waals surface area contributed by atoms with Crippen LogP contribution in [0.4, 0.5) is 0 Å². The van der Waals surface area contributed by atoms with Gasteiger partial charge in [0.2, 0.25) is 0 Å². The number of ether oxygens (including phenoxy) is 2. The van der Waals surface area contributed by atoms with Crippen molar-refractivity contribution >= 4 is 17.8 Å². The van der Waals surface area contributed by atoms with Crippen molar-refractivity contribution in [3.63, 3.8) is 0 Å². The van der Waals surface area contributed by atoms with Gasteiger partial charge in [-0.15, -0.1) is 0 Å². The Morgan fingerprint density at radius 1 is 0.862 bits per heavy atom. The molecule has 6 heteroatoms. The van der Waals surface area contributed by atoms with E-state index in [1.807, 2.05) is 6.92 Å². The molecule has 1 aliphatic rings. The van der Waals surface area contributed by atoms with Crippen LogP contribution in [0, 0.1) is 16.2 Å². The quantitative estimate of drug-likeness (QED) is 0.325. The number of amides is 2. The number of hydrogen-bond acceptors (Lipinski definition) is 5. The van der Waals surface area contributed by atoms with E-state index >= 15 is 0 Å². The molecule has 0 aromatic heterocycles. The number of esters is 1. The maximum atomic E-state index is 12.8. The zero-order chi connectivity index (χ0) is 22.6. The van der Waals surface area contributed by atoms with Gasteiger partial charge in [-0.2, -0.15) is 0 Å². The highest BCUT2D eigenvalue weighted by Gasteiger charge is 2.47. The molecule has 1 unspecified atom stereocenters. The third-order valence-corrected chi connectivity index (χ3v) is 5.82. The number of carbonyl (C=O) groups excluding carboxylic acids is 3. The largest absolute Gasteiger partial charge is 0.463 e. The molecule has 0 aromatic rings. The summed E-state index contributed by atoms with van der Waals surface area (Å²) in [5.74, 6) is -0.641. The van der Waals surface area contributed by atoms with Gasteiger partial charge >= 0.3 is 5.97 Å². The third kappa shape index (κ3) is 6.39. The molecule has 0 bridgehead atoms. The van der Waals surface area contributed by atoms with Crippen molar-refractivity contribution in [1.82, 2.24) is 4.90 Å². The van der Waals surface area contributed by atoms with Gasteiger partial charge < -0.3 is 9.47 Å². The van der Waals surface area contributed by atoms with Gasteiger partial charge in [-0.3, -0.25) is 19.3 Å². The Labute approximate surface area is 176 Å². The van der Waals surface area contributed by atoms with Gasteiger partial charge in [0.1, 0.15) is 6.61 Å². The summed E-state index contributed by atoms with van der Waals surface area (Å²) in [5, 5.41) is 0. The number of nitrogens with zero attached hydrogens (tertiary/aromatic N) is 1. The van der Waals surface area contributed by atoms with Crippen molar-refractivity contribution in [1.29, 1.82) is 0 Å². The smallest absolute Gasteiger partial charge is 0.312 e. The Kier molecular flexibility index (Phi) is 8.23. The minimum atomic E-state index is -0.593. The molecule has 2 amide bonds. The first-order valence-electron chi connectivity index (χ1n) is 10.4. The number of carbonyl (C=O) groups is 3. The van der Waals surface area contributed by atoms with E-state index in [4.69, 9.17) is 9.47 Å². The Morgan fingerprint density at radius 2 is 1.38 bits per heavy atom. The van der Waals surface area contributed by atoms with Crippen LogP contribution in [0.1, 0.15) is 75.2 Å². The molecule has 0 aliphatic carbocycles. The normalized spacial score (nSPS) is 17.8. The molecule has 6 nitrogen and oxygen atoms in total. The van der Waals surface area contributed by atoms with Gasteiger partial charge in [0.15, 0.2) is 0 Å². The van der Waals surface area contributed by atoms with Crippen LogP contribution in [0.2, 0.25) is 0 Å². The second-order valence-electron chi connectivity index (χ2n) is 10.4. The van der Waals surface area contributed by atoms with E-state index < -0.39 is 5.41 Å². The highest BCUT2D eigenvalue weighted by atomic mass is 16.6. The Hall–Kier alpha value is -1.69. The molecule has 166 valence electrons. The lowest BCUT2D eigenvalue weighted by Gasteiger charge is -2.43. The summed E-state index contributed by atoms with van der Waals surface area (Å²) in [4.78, 5) is 38.1. The summed E-state index contributed by atoms with van der Waals surface area (Å²) >= 11 is 0. The van der Waals surface area contributed by atoms with Gasteiger partial charge in [0, 0.05) is 24.3 Å². The van der Waals surface area contributed by atoms with Crippen molar-refractivity contribution in [2.45, 2.75) is 75.2 Å². The Bertz CT molecular complexity index is 642. The predicted octanol–water partition coefficient (Wildman–Crippen LogP) is 4.13. The van der Waals surface area contributed by atoms with Crippen LogP contribution in [0.15, 0.2) is 11.1 Å². The predicted molar refractivity (Wildman–Crippen MR) is 113 cm³/mol. The van der Waals surface area contributed by atoms with Crippen LogP contribution in [-0.2, 0) is 23.9 Å². The van der Waals surface area contributed by atoms with Crippen molar-refractivity contribution in [3.05, 3.63) is 11.1 Å². The number of imide groups is 1. The second-order valence-corrected chi connectivity index (χ2v) is 10.4. The molecule has 0 radical (unpaired) electrons. The fraction of sp³-hybridized carbons (Fsp3) is 0.783. The average molecular weight is 410 g/mol. The molecular weight excluding hydrogens is 370 g/mol. The molecule has 1 rings (SSSR count). The maximum absolute atomic E-state index is 12.8. The monoisotopic (exact) mass is 409 g/mol. The Balaban J connectivity index is 2.38. The highest BCUT2D eigenvalue weighted by Crippen LogP contribution is 2.47. The molecule has 0 saturated carbocycles. The average Bonchev–Trinajstić information content (AvgIpc) is 2.75. The second kappa shape index (κ2) is 9.41. The highest BCUT2D eigenvalue weighted by molar-refractivity contribution is 6.18. The summed E-state index contributed by atoms with van der Waals surface area (Å²) < 4.78 is 11.1. The van der Waals surface area contributed by atoms with Crippen LogP contribution in [0.25, 0.3) is 0 Å². The van der Waals surface area contributed by atoms with Gasteiger partial charge in [0.25, 0.3) is 11.8 Å². The summed E-state index contributed by atoms with van der Waals surface area (Å²) in [6.07, 6.45) is 1.28. The van der Waals surface area contributed by atoms with E-state index in [2.05, 4.69) is 41.5 Å². The molecule has 0 saturated heterocycles. The fourth-order valence-electron chi connectivity index (χ4n) is 3.50. The molecule has 1 atom stereocenters. The summed E-state index contributed by atoms with van der Waals surface area (Å²) in [6.45, 7) is 19.1. The van der Waals surface area contributed by atoms with Crippen molar-refractivity contribution in [2.75, 3.05) is 26.4 Å². The van der Waals surface area contributed by atoms with Crippen LogP contribution >= 0.6 is 0 Å². The van der Waals surface area contributed by atoms with Gasteiger partial charge in [-0.1, -0.05) is 41.5 Å². The van der Waals surface area contributed by atoms with E-state index in [1.165, 1.54) is 4.90 Å². The van der Waals surface area contributed by atoms with Crippen LogP contribution in [0.3, 0.4) is 0 Å². The summed E-state index contributed by atoms with van der Waals surface area (Å²) in [6, 6.07) is 0. The van der Waals surface area contributed by atoms with E-state index in [-0.39, 0.29) is 35.2 Å². The van der Waals surface area contributed by atoms with Crippen molar-refractivity contribution in [2.24, 2.45) is 16.2 Å². The maximum Gasteiger partial charge on any atom is 0.312 e. The lowest BCUT2D eigenvalue weighted by molar-refractivity contribution is -0.166. The number of rotatable bonds is 9. The SMILES string of the molecule is CC1=C(C)C(=O)N(CCCOCCOC(=O)C(C)(CC(C)(C)C)C(C)(C)C)C1=O. The lowest BCUT2D eigenvalue weighted by Crippen LogP contribution is -2.44. The third-order valence-electron chi connectivity index (χ3n) is 5.82. The standard InChI is InChI=1S/C23H39NO5/c1-16-17(2)19(26)24(18(16)25)11-10-12-28-13-14-29-20(27)23(9,22(6,7)8)15-21(3,4)5/h10-15H2,1-9H3. The van der Waals surface area contributed by atoms with E-state index in [0.717, 1.165) is 6.42 Å². The topological polar surface area (TPSA) is 72.9 Å². The molecule has 1 heterocycles. The lowest BCUT2D eigenvalue weighted by atomic mass is 9.61. The van der Waals surface area contributed by atoms with Crippen LogP contribution in [0.5, 0.6) is 0 Å². The first kappa shape index (κ1) is 25.3. The molecule has 0 spiro atoms. The molecule has 0 aromatic carbocycles. The zero-order valence-electron chi connectivity index (χ0n) is 19.7. The molecule has 1 aliphatic heterocycles. The first-order chi connectivity index (χ1) is 13.1. The van der Waals surface area contributed by atoms with E-state index in [0.29, 0.717) is 37.3 Å². The molecule has 0 N–H and O–H groups in total.